The summed E-state index contributed by atoms with van der Waals surface area (Å²) in [5, 5.41) is 8.49. The van der Waals surface area contributed by atoms with Crippen LogP contribution in [0.3, 0.4) is 0 Å². The van der Waals surface area contributed by atoms with Gasteiger partial charge in [-0.1, -0.05) is 19.9 Å². The van der Waals surface area contributed by atoms with Crippen molar-refractivity contribution in [1.29, 1.82) is 0 Å². The number of carbonyl (C=O) groups is 1. The molecule has 2 fully saturated rings. The summed E-state index contributed by atoms with van der Waals surface area (Å²) in [5.74, 6) is 1.79. The smallest absolute Gasteiger partial charge is 0.394 e. The molecule has 5 heterocycles. The van der Waals surface area contributed by atoms with Crippen LogP contribution in [0.1, 0.15) is 89.4 Å². The average molecular weight is 646 g/mol. The monoisotopic (exact) mass is 645 g/mol. The Hall–Kier alpha value is -3.48. The summed E-state index contributed by atoms with van der Waals surface area (Å²) in [6.45, 7) is 9.10. The number of hydrogen-bond donors (Lipinski definition) is 2. The Morgan fingerprint density at radius 2 is 1.84 bits per heavy atom. The molecule has 45 heavy (non-hydrogen) atoms. The number of ether oxygens (including phenoxy) is 1. The maximum absolute atomic E-state index is 13.6. The van der Waals surface area contributed by atoms with Crippen LogP contribution in [0.15, 0.2) is 47.6 Å². The number of anilines is 2. The summed E-state index contributed by atoms with van der Waals surface area (Å²) in [6, 6.07) is 11.0. The molecule has 0 aromatic carbocycles. The molecule has 9 nitrogen and oxygen atoms in total. The van der Waals surface area contributed by atoms with Crippen molar-refractivity contribution < 1.29 is 22.7 Å². The Morgan fingerprint density at radius 3 is 2.60 bits per heavy atom. The van der Waals surface area contributed by atoms with Crippen LogP contribution in [-0.4, -0.2) is 56.6 Å². The number of aromatic nitrogens is 4. The number of pyridine rings is 2. The number of amides is 1. The van der Waals surface area contributed by atoms with Gasteiger partial charge < -0.3 is 15.0 Å². The standard InChI is InChI=1S/C30H36F3N7O2S.C2H6/c1-28(2)13-11-20-6-3-4-17-34-22-7-5-8-25(35-22)43-38-27(41)21-9-10-23(36-26(21)40(20)28)39-18-12-24(37-39)42-19-16-29(14-15-29)30(31,32)33;1-2/h5,7-10,12,18,20H,3-4,6,11,13-17,19H2,1-2H3,(H,34,35)(H,38,41);1-2H3. The Morgan fingerprint density at radius 1 is 1.04 bits per heavy atom. The predicted molar refractivity (Wildman–Crippen MR) is 170 cm³/mol. The van der Waals surface area contributed by atoms with Crippen molar-refractivity contribution in [3.05, 3.63) is 48.2 Å². The number of hydrogen-bond acceptors (Lipinski definition) is 8. The van der Waals surface area contributed by atoms with E-state index in [9.17, 15) is 18.0 Å². The molecule has 0 radical (unpaired) electrons. The maximum atomic E-state index is 13.6. The Kier molecular flexibility index (Phi) is 9.85. The average Bonchev–Trinajstić information content (AvgIpc) is 3.57. The molecule has 1 amide bonds. The molecule has 1 saturated carbocycles. The van der Waals surface area contributed by atoms with E-state index in [0.717, 1.165) is 56.4 Å². The molecule has 3 aliphatic rings. The van der Waals surface area contributed by atoms with E-state index in [-0.39, 0.29) is 49.2 Å². The van der Waals surface area contributed by atoms with Crippen molar-refractivity contribution in [2.45, 2.75) is 102 Å². The normalized spacial score (nSPS) is 20.6. The third kappa shape index (κ3) is 7.34. The highest BCUT2D eigenvalue weighted by Gasteiger charge is 2.62. The quantitative estimate of drug-likeness (QED) is 0.274. The van der Waals surface area contributed by atoms with Gasteiger partial charge in [0.1, 0.15) is 16.7 Å². The minimum absolute atomic E-state index is 0.0666. The highest BCUT2D eigenvalue weighted by molar-refractivity contribution is 7.97. The van der Waals surface area contributed by atoms with Crippen molar-refractivity contribution in [2.75, 3.05) is 23.4 Å². The van der Waals surface area contributed by atoms with Crippen molar-refractivity contribution >= 4 is 29.5 Å². The van der Waals surface area contributed by atoms with Gasteiger partial charge in [0.2, 0.25) is 5.88 Å². The Labute approximate surface area is 266 Å². The van der Waals surface area contributed by atoms with E-state index >= 15 is 0 Å². The molecule has 3 aromatic rings. The highest BCUT2D eigenvalue weighted by atomic mass is 32.2. The third-order valence-electron chi connectivity index (χ3n) is 8.77. The van der Waals surface area contributed by atoms with E-state index in [1.807, 2.05) is 32.0 Å². The van der Waals surface area contributed by atoms with Crippen LogP contribution in [0.4, 0.5) is 24.8 Å². The van der Waals surface area contributed by atoms with Crippen LogP contribution in [-0.2, 0) is 0 Å². The van der Waals surface area contributed by atoms with Crippen LogP contribution in [0.5, 0.6) is 5.88 Å². The van der Waals surface area contributed by atoms with Gasteiger partial charge in [0.15, 0.2) is 5.82 Å². The number of alkyl halides is 3. The highest BCUT2D eigenvalue weighted by Crippen LogP contribution is 2.59. The van der Waals surface area contributed by atoms with Gasteiger partial charge in [-0.25, -0.2) is 14.6 Å². The fraction of sp³-hybridized carbons (Fsp3) is 0.562. The number of halogens is 3. The van der Waals surface area contributed by atoms with E-state index in [1.165, 1.54) is 4.68 Å². The van der Waals surface area contributed by atoms with Gasteiger partial charge in [-0.15, -0.1) is 5.10 Å². The van der Waals surface area contributed by atoms with Gasteiger partial charge in [-0.3, -0.25) is 9.52 Å². The minimum Gasteiger partial charge on any atom is -0.477 e. The molecule has 1 unspecified atom stereocenters. The zero-order valence-corrected chi connectivity index (χ0v) is 27.1. The second kappa shape index (κ2) is 13.5. The molecular weight excluding hydrogens is 603 g/mol. The van der Waals surface area contributed by atoms with Crippen LogP contribution < -0.4 is 19.7 Å². The first-order valence-electron chi connectivity index (χ1n) is 15.8. The van der Waals surface area contributed by atoms with Crippen molar-refractivity contribution in [2.24, 2.45) is 5.41 Å². The number of nitrogens with zero attached hydrogens (tertiary/aromatic N) is 5. The topological polar surface area (TPSA) is 97.2 Å². The summed E-state index contributed by atoms with van der Waals surface area (Å²) in [5.41, 5.74) is -1.40. The summed E-state index contributed by atoms with van der Waals surface area (Å²) in [7, 11) is 0. The minimum atomic E-state index is -4.21. The fourth-order valence-corrected chi connectivity index (χ4v) is 6.66. The first kappa shape index (κ1) is 32.9. The number of fused-ring (bicyclic) bond motifs is 5. The lowest BCUT2D eigenvalue weighted by molar-refractivity contribution is -0.190. The number of nitrogens with one attached hydrogen (secondary N) is 2. The molecule has 13 heteroatoms. The summed E-state index contributed by atoms with van der Waals surface area (Å²) < 4.78 is 49.9. The first-order valence-corrected chi connectivity index (χ1v) is 16.6. The maximum Gasteiger partial charge on any atom is 0.394 e. The van der Waals surface area contributed by atoms with Gasteiger partial charge in [-0.2, -0.15) is 13.2 Å². The SMILES string of the molecule is CC.CC1(C)CCC2CCCCNc3cccc(n3)SNC(=O)c3ccc(-n4ccc(OCCC5(C(F)(F)F)CC5)n4)nc3N21. The van der Waals surface area contributed by atoms with Gasteiger partial charge in [-0.05, 0) is 89.5 Å². The van der Waals surface area contributed by atoms with Crippen molar-refractivity contribution in [3.63, 3.8) is 0 Å². The third-order valence-corrected chi connectivity index (χ3v) is 9.49. The first-order chi connectivity index (χ1) is 21.5. The van der Waals surface area contributed by atoms with Gasteiger partial charge in [0.05, 0.1) is 17.6 Å². The van der Waals surface area contributed by atoms with E-state index in [2.05, 4.69) is 38.9 Å². The molecule has 1 aliphatic carbocycles. The van der Waals surface area contributed by atoms with Crippen LogP contribution >= 0.6 is 11.9 Å². The summed E-state index contributed by atoms with van der Waals surface area (Å²) >= 11 is 1.16. The lowest BCUT2D eigenvalue weighted by Crippen LogP contribution is -2.45. The number of carbonyl (C=O) groups excluding carboxylic acids is 1. The lowest BCUT2D eigenvalue weighted by atomic mass is 10.0. The molecule has 0 spiro atoms. The largest absolute Gasteiger partial charge is 0.477 e. The second-order valence-electron chi connectivity index (χ2n) is 12.2. The van der Waals surface area contributed by atoms with Crippen molar-refractivity contribution in [3.8, 4) is 11.7 Å². The second-order valence-corrected chi connectivity index (χ2v) is 13.0. The zero-order chi connectivity index (χ0) is 32.2. The molecule has 2 aliphatic heterocycles. The van der Waals surface area contributed by atoms with Crippen molar-refractivity contribution in [1.82, 2.24) is 24.5 Å². The van der Waals surface area contributed by atoms with Crippen LogP contribution in [0.2, 0.25) is 0 Å². The van der Waals surface area contributed by atoms with Gasteiger partial charge in [0.25, 0.3) is 5.91 Å². The van der Waals surface area contributed by atoms with Gasteiger partial charge in [0, 0.05) is 42.3 Å². The number of rotatable bonds is 5. The van der Waals surface area contributed by atoms with E-state index in [1.54, 1.807) is 24.4 Å². The van der Waals surface area contributed by atoms with E-state index in [0.29, 0.717) is 22.2 Å². The molecule has 2 bridgehead atoms. The molecule has 244 valence electrons. The molecule has 1 atom stereocenters. The molecular formula is C32H42F3N7O2S. The fourth-order valence-electron chi connectivity index (χ4n) is 6.06. The van der Waals surface area contributed by atoms with Crippen LogP contribution in [0, 0.1) is 5.41 Å². The lowest BCUT2D eigenvalue weighted by Gasteiger charge is -2.38. The Bertz CT molecular complexity index is 1470. The van der Waals surface area contributed by atoms with Crippen LogP contribution in [0.25, 0.3) is 5.82 Å². The van der Waals surface area contributed by atoms with E-state index < -0.39 is 11.6 Å². The zero-order valence-electron chi connectivity index (χ0n) is 26.3. The predicted octanol–water partition coefficient (Wildman–Crippen LogP) is 7.58. The molecule has 1 saturated heterocycles. The molecule has 3 aromatic heterocycles. The summed E-state index contributed by atoms with van der Waals surface area (Å²) in [6.07, 6.45) is 2.57. The summed E-state index contributed by atoms with van der Waals surface area (Å²) in [4.78, 5) is 25.5. The molecule has 2 N–H and O–H groups in total. The van der Waals surface area contributed by atoms with E-state index in [4.69, 9.17) is 9.72 Å². The molecule has 6 rings (SSSR count). The van der Waals surface area contributed by atoms with Gasteiger partial charge >= 0.3 is 6.18 Å². The Balaban J connectivity index is 0.00000196.